The van der Waals surface area contributed by atoms with Crippen LogP contribution in [-0.4, -0.2) is 15.1 Å². The van der Waals surface area contributed by atoms with Gasteiger partial charge in [-0.2, -0.15) is 0 Å². The van der Waals surface area contributed by atoms with E-state index in [1.165, 1.54) is 0 Å². The molecular weight excluding hydrogens is 306 g/mol. The van der Waals surface area contributed by atoms with Crippen LogP contribution in [0.25, 0.3) is 0 Å². The molecule has 0 heterocycles. The second-order valence-electron chi connectivity index (χ2n) is 4.80. The molecule has 2 unspecified atom stereocenters. The van der Waals surface area contributed by atoms with E-state index in [0.717, 1.165) is 16.7 Å². The fourth-order valence-electron chi connectivity index (χ4n) is 2.00. The fourth-order valence-corrected chi connectivity index (χ4v) is 3.54. The lowest BCUT2D eigenvalue weighted by atomic mass is 10.1. The van der Waals surface area contributed by atoms with Crippen molar-refractivity contribution in [3.8, 4) is 0 Å². The number of aliphatic hydroxyl groups excluding tert-OH is 1. The van der Waals surface area contributed by atoms with Crippen LogP contribution in [0.15, 0.2) is 48.5 Å². The Hall–Kier alpha value is -1.20. The van der Waals surface area contributed by atoms with E-state index in [-0.39, 0.29) is 5.75 Å². The quantitative estimate of drug-likeness (QED) is 0.859. The Morgan fingerprint density at radius 2 is 1.81 bits per heavy atom. The van der Waals surface area contributed by atoms with Crippen LogP contribution in [0.2, 0.25) is 5.02 Å². The van der Waals surface area contributed by atoms with Crippen molar-refractivity contribution in [1.82, 2.24) is 0 Å². The third-order valence-electron chi connectivity index (χ3n) is 3.22. The van der Waals surface area contributed by atoms with Crippen LogP contribution in [0, 0.1) is 0 Å². The summed E-state index contributed by atoms with van der Waals surface area (Å²) in [5, 5.41) is 10.7. The largest absolute Gasteiger partial charge is 0.387 e. The molecule has 0 spiro atoms. The maximum absolute atomic E-state index is 12.1. The van der Waals surface area contributed by atoms with E-state index in [1.807, 2.05) is 42.5 Å². The molecule has 2 rings (SSSR count). The Bertz CT molecular complexity index is 616. The molecule has 0 fully saturated rings. The topological polar surface area (TPSA) is 63.3 Å². The minimum atomic E-state index is -1.18. The second kappa shape index (κ2) is 7.71. The molecule has 0 saturated heterocycles. The van der Waals surface area contributed by atoms with Crippen molar-refractivity contribution in [3.63, 3.8) is 0 Å². The minimum absolute atomic E-state index is 0.188. The van der Waals surface area contributed by atoms with Crippen molar-refractivity contribution in [1.29, 1.82) is 0 Å². The molecular formula is C16H18ClNO2S. The second-order valence-corrected chi connectivity index (χ2v) is 6.71. The van der Waals surface area contributed by atoms with Gasteiger partial charge in [-0.15, -0.1) is 0 Å². The van der Waals surface area contributed by atoms with E-state index in [2.05, 4.69) is 0 Å². The summed E-state index contributed by atoms with van der Waals surface area (Å²) in [6, 6.07) is 14.7. The Kier molecular flexibility index (Phi) is 5.94. The molecule has 2 aromatic rings. The highest BCUT2D eigenvalue weighted by atomic mass is 35.5. The van der Waals surface area contributed by atoms with Crippen LogP contribution < -0.4 is 5.73 Å². The highest BCUT2D eigenvalue weighted by Gasteiger charge is 2.13. The molecule has 21 heavy (non-hydrogen) atoms. The monoisotopic (exact) mass is 323 g/mol. The van der Waals surface area contributed by atoms with E-state index in [1.54, 1.807) is 6.07 Å². The maximum Gasteiger partial charge on any atom is 0.0905 e. The van der Waals surface area contributed by atoms with Gasteiger partial charge in [-0.25, -0.2) is 0 Å². The predicted molar refractivity (Wildman–Crippen MR) is 87.5 cm³/mol. The van der Waals surface area contributed by atoms with Gasteiger partial charge in [0.05, 0.1) is 17.6 Å². The summed E-state index contributed by atoms with van der Waals surface area (Å²) >= 11 is 6.05. The summed E-state index contributed by atoms with van der Waals surface area (Å²) in [5.74, 6) is 0.533. The molecule has 2 atom stereocenters. The van der Waals surface area contributed by atoms with Gasteiger partial charge in [-0.05, 0) is 22.8 Å². The average molecular weight is 324 g/mol. The lowest BCUT2D eigenvalue weighted by Crippen LogP contribution is -2.11. The zero-order valence-electron chi connectivity index (χ0n) is 11.5. The van der Waals surface area contributed by atoms with E-state index in [0.29, 0.717) is 17.3 Å². The third-order valence-corrected chi connectivity index (χ3v) is 4.91. The van der Waals surface area contributed by atoms with Crippen LogP contribution >= 0.6 is 11.6 Å². The summed E-state index contributed by atoms with van der Waals surface area (Å²) < 4.78 is 12.1. The Morgan fingerprint density at radius 1 is 1.14 bits per heavy atom. The summed E-state index contributed by atoms with van der Waals surface area (Å²) in [7, 11) is -1.18. The van der Waals surface area contributed by atoms with Crippen LogP contribution in [-0.2, 0) is 23.1 Å². The van der Waals surface area contributed by atoms with Crippen molar-refractivity contribution < 1.29 is 9.32 Å². The summed E-state index contributed by atoms with van der Waals surface area (Å²) in [4.78, 5) is 0. The van der Waals surface area contributed by atoms with Gasteiger partial charge in [0.1, 0.15) is 0 Å². The lowest BCUT2D eigenvalue weighted by Gasteiger charge is -2.12. The lowest BCUT2D eigenvalue weighted by molar-refractivity contribution is 0.203. The predicted octanol–water partition coefficient (Wildman–Crippen LogP) is 2.78. The van der Waals surface area contributed by atoms with Crippen molar-refractivity contribution >= 4 is 22.4 Å². The number of aliphatic hydroxyl groups is 1. The van der Waals surface area contributed by atoms with Gasteiger partial charge in [0.2, 0.25) is 0 Å². The number of hydrogen-bond donors (Lipinski definition) is 2. The molecule has 0 amide bonds. The molecule has 3 N–H and O–H groups in total. The summed E-state index contributed by atoms with van der Waals surface area (Å²) in [6.45, 7) is 0.467. The molecule has 5 heteroatoms. The smallest absolute Gasteiger partial charge is 0.0905 e. The van der Waals surface area contributed by atoms with Crippen molar-refractivity contribution in [2.24, 2.45) is 5.73 Å². The van der Waals surface area contributed by atoms with E-state index < -0.39 is 16.9 Å². The standard InChI is InChI=1S/C16H18ClNO2S/c17-15-4-2-1-3-14(15)10-21(20)11-16(19)13-7-5-12(9-18)6-8-13/h1-8,16,19H,9-11,18H2. The van der Waals surface area contributed by atoms with E-state index in [4.69, 9.17) is 17.3 Å². The van der Waals surface area contributed by atoms with Gasteiger partial charge in [-0.3, -0.25) is 4.21 Å². The van der Waals surface area contributed by atoms with Gasteiger partial charge >= 0.3 is 0 Å². The zero-order chi connectivity index (χ0) is 15.2. The first-order chi connectivity index (χ1) is 10.1. The average Bonchev–Trinajstić information content (AvgIpc) is 2.49. The molecule has 0 saturated carbocycles. The van der Waals surface area contributed by atoms with Crippen molar-refractivity contribution in [3.05, 3.63) is 70.2 Å². The normalized spacial score (nSPS) is 13.9. The van der Waals surface area contributed by atoms with Crippen molar-refractivity contribution in [2.75, 3.05) is 5.75 Å². The van der Waals surface area contributed by atoms with Crippen molar-refractivity contribution in [2.45, 2.75) is 18.4 Å². The Morgan fingerprint density at radius 3 is 2.43 bits per heavy atom. The molecule has 112 valence electrons. The van der Waals surface area contributed by atoms with Gasteiger partial charge in [-0.1, -0.05) is 54.1 Å². The maximum atomic E-state index is 12.1. The first kappa shape index (κ1) is 16.2. The molecule has 0 radical (unpaired) electrons. The molecule has 0 aliphatic heterocycles. The molecule has 0 aliphatic rings. The number of rotatable bonds is 6. The van der Waals surface area contributed by atoms with Gasteiger partial charge in [0.25, 0.3) is 0 Å². The van der Waals surface area contributed by atoms with Gasteiger partial charge in [0.15, 0.2) is 0 Å². The molecule has 0 aliphatic carbocycles. The molecule has 3 nitrogen and oxygen atoms in total. The van der Waals surface area contributed by atoms with Crippen LogP contribution in [0.4, 0.5) is 0 Å². The van der Waals surface area contributed by atoms with Gasteiger partial charge in [0, 0.05) is 22.4 Å². The summed E-state index contributed by atoms with van der Waals surface area (Å²) in [5.41, 5.74) is 8.12. The van der Waals surface area contributed by atoms with Crippen LogP contribution in [0.3, 0.4) is 0 Å². The number of nitrogens with two attached hydrogens (primary N) is 1. The fraction of sp³-hybridized carbons (Fsp3) is 0.250. The number of benzene rings is 2. The summed E-state index contributed by atoms with van der Waals surface area (Å²) in [6.07, 6.45) is -0.750. The Balaban J connectivity index is 1.97. The first-order valence-electron chi connectivity index (χ1n) is 6.65. The zero-order valence-corrected chi connectivity index (χ0v) is 13.1. The third kappa shape index (κ3) is 4.64. The van der Waals surface area contributed by atoms with E-state index in [9.17, 15) is 9.32 Å². The number of halogens is 1. The molecule has 0 bridgehead atoms. The first-order valence-corrected chi connectivity index (χ1v) is 8.52. The molecule has 0 aromatic heterocycles. The van der Waals surface area contributed by atoms with Crippen LogP contribution in [0.1, 0.15) is 22.8 Å². The Labute approximate surface area is 132 Å². The number of hydrogen-bond acceptors (Lipinski definition) is 3. The highest BCUT2D eigenvalue weighted by Crippen LogP contribution is 2.20. The van der Waals surface area contributed by atoms with Gasteiger partial charge < -0.3 is 10.8 Å². The van der Waals surface area contributed by atoms with E-state index >= 15 is 0 Å². The SMILES string of the molecule is NCc1ccc(C(O)CS(=O)Cc2ccccc2Cl)cc1. The minimum Gasteiger partial charge on any atom is -0.387 e. The highest BCUT2D eigenvalue weighted by molar-refractivity contribution is 7.84. The van der Waals surface area contributed by atoms with Crippen LogP contribution in [0.5, 0.6) is 0 Å². The molecule has 2 aromatic carbocycles.